The lowest BCUT2D eigenvalue weighted by Crippen LogP contribution is -2.09. The molecule has 0 spiro atoms. The molecule has 0 N–H and O–H groups in total. The van der Waals surface area contributed by atoms with Gasteiger partial charge in [0.05, 0.1) is 6.61 Å². The molecular formula is C28H25FO5. The number of hydrogen-bond acceptors (Lipinski definition) is 5. The summed E-state index contributed by atoms with van der Waals surface area (Å²) in [5, 5.41) is 0. The molecule has 34 heavy (non-hydrogen) atoms. The van der Waals surface area contributed by atoms with Gasteiger partial charge in [-0.1, -0.05) is 49.6 Å². The molecule has 3 aromatic rings. The maximum atomic E-state index is 14.5. The van der Waals surface area contributed by atoms with Crippen LogP contribution in [0.1, 0.15) is 19.4 Å². The lowest BCUT2D eigenvalue weighted by atomic mass is 9.97. The largest absolute Gasteiger partial charge is 0.423 e. The highest BCUT2D eigenvalue weighted by atomic mass is 19.1. The minimum atomic E-state index is -0.678. The Balaban J connectivity index is 1.85. The van der Waals surface area contributed by atoms with Gasteiger partial charge in [-0.15, -0.1) is 0 Å². The van der Waals surface area contributed by atoms with E-state index in [0.29, 0.717) is 23.5 Å². The van der Waals surface area contributed by atoms with Crippen molar-refractivity contribution in [2.45, 2.75) is 20.5 Å². The van der Waals surface area contributed by atoms with Crippen molar-refractivity contribution in [3.63, 3.8) is 0 Å². The summed E-state index contributed by atoms with van der Waals surface area (Å²) < 4.78 is 30.1. The molecule has 0 radical (unpaired) electrons. The first kappa shape index (κ1) is 24.6. The third kappa shape index (κ3) is 5.85. The van der Waals surface area contributed by atoms with Crippen molar-refractivity contribution in [3.05, 3.63) is 96.3 Å². The van der Waals surface area contributed by atoms with Gasteiger partial charge < -0.3 is 14.2 Å². The molecule has 0 fully saturated rings. The SMILES string of the molecule is C=C(C)C(=O)Oc1ccc(-c2ccc(-c3ccc(OC(=O)C(=C)C)c(F)c3)cc2)c(COC)c1. The summed E-state index contributed by atoms with van der Waals surface area (Å²) in [6.45, 7) is 10.5. The Hall–Kier alpha value is -4.03. The van der Waals surface area contributed by atoms with E-state index in [-0.39, 0.29) is 11.3 Å². The van der Waals surface area contributed by atoms with E-state index >= 15 is 0 Å². The Labute approximate surface area is 198 Å². The van der Waals surface area contributed by atoms with Crippen LogP contribution in [0.2, 0.25) is 0 Å². The average molecular weight is 461 g/mol. The number of hydrogen-bond donors (Lipinski definition) is 0. The van der Waals surface area contributed by atoms with Crippen LogP contribution in [-0.2, 0) is 20.9 Å². The summed E-state index contributed by atoms with van der Waals surface area (Å²) in [5.74, 6) is -1.55. The molecule has 0 aliphatic heterocycles. The number of esters is 2. The molecule has 6 heteroatoms. The van der Waals surface area contributed by atoms with E-state index in [4.69, 9.17) is 14.2 Å². The molecule has 0 unspecified atom stereocenters. The van der Waals surface area contributed by atoms with Gasteiger partial charge in [0.25, 0.3) is 0 Å². The van der Waals surface area contributed by atoms with Crippen LogP contribution < -0.4 is 9.47 Å². The van der Waals surface area contributed by atoms with Crippen LogP contribution in [0.4, 0.5) is 4.39 Å². The van der Waals surface area contributed by atoms with Gasteiger partial charge in [-0.2, -0.15) is 0 Å². The Kier molecular flexibility index (Phi) is 7.76. The molecule has 0 aromatic heterocycles. The molecule has 0 saturated heterocycles. The van der Waals surface area contributed by atoms with Gasteiger partial charge in [0.1, 0.15) is 5.75 Å². The number of rotatable bonds is 8. The molecule has 0 aliphatic rings. The van der Waals surface area contributed by atoms with Crippen LogP contribution in [0.15, 0.2) is 85.0 Å². The topological polar surface area (TPSA) is 61.8 Å². The van der Waals surface area contributed by atoms with Crippen molar-refractivity contribution in [1.82, 2.24) is 0 Å². The van der Waals surface area contributed by atoms with Crippen LogP contribution in [0.5, 0.6) is 11.5 Å². The van der Waals surface area contributed by atoms with Crippen molar-refractivity contribution >= 4 is 11.9 Å². The molecule has 3 rings (SSSR count). The van der Waals surface area contributed by atoms with Crippen molar-refractivity contribution in [2.75, 3.05) is 7.11 Å². The minimum absolute atomic E-state index is 0.148. The van der Waals surface area contributed by atoms with Gasteiger partial charge in [-0.05, 0) is 65.9 Å². The standard InChI is InChI=1S/C28H25FO5/c1-17(2)27(30)33-23-11-12-24(22(14-23)16-32-5)20-8-6-19(7-9-20)21-10-13-26(25(29)15-21)34-28(31)18(3)4/h6-15H,1,3,16H2,2,4-5H3. The number of carbonyl (C=O) groups is 2. The van der Waals surface area contributed by atoms with Crippen LogP contribution in [0.3, 0.4) is 0 Å². The fraction of sp³-hybridized carbons (Fsp3) is 0.143. The van der Waals surface area contributed by atoms with Crippen molar-refractivity contribution < 1.29 is 28.2 Å². The first-order valence-electron chi connectivity index (χ1n) is 10.5. The lowest BCUT2D eigenvalue weighted by molar-refractivity contribution is -0.131. The number of benzene rings is 3. The third-order valence-electron chi connectivity index (χ3n) is 4.95. The number of methoxy groups -OCH3 is 1. The molecule has 5 nitrogen and oxygen atoms in total. The first-order chi connectivity index (χ1) is 16.2. The zero-order valence-corrected chi connectivity index (χ0v) is 19.3. The van der Waals surface area contributed by atoms with Crippen LogP contribution in [0, 0.1) is 5.82 Å². The Morgan fingerprint density at radius 2 is 1.38 bits per heavy atom. The normalized spacial score (nSPS) is 10.5. The second kappa shape index (κ2) is 10.7. The molecule has 0 atom stereocenters. The van der Waals surface area contributed by atoms with Crippen LogP contribution in [-0.4, -0.2) is 19.0 Å². The number of carbonyl (C=O) groups excluding carboxylic acids is 2. The number of ether oxygens (including phenoxy) is 3. The molecular weight excluding hydrogens is 435 g/mol. The third-order valence-corrected chi connectivity index (χ3v) is 4.95. The summed E-state index contributed by atoms with van der Waals surface area (Å²) in [6, 6.07) is 17.3. The molecule has 0 heterocycles. The fourth-order valence-electron chi connectivity index (χ4n) is 3.18. The van der Waals surface area contributed by atoms with Crippen LogP contribution in [0.25, 0.3) is 22.3 Å². The minimum Gasteiger partial charge on any atom is -0.423 e. The summed E-state index contributed by atoms with van der Waals surface area (Å²) in [7, 11) is 1.59. The van der Waals surface area contributed by atoms with E-state index in [1.54, 1.807) is 32.2 Å². The van der Waals surface area contributed by atoms with E-state index in [0.717, 1.165) is 22.3 Å². The maximum absolute atomic E-state index is 14.5. The van der Waals surface area contributed by atoms with Crippen molar-refractivity contribution in [3.8, 4) is 33.8 Å². The molecule has 0 saturated carbocycles. The summed E-state index contributed by atoms with van der Waals surface area (Å²) in [4.78, 5) is 23.5. The van der Waals surface area contributed by atoms with Crippen LogP contribution >= 0.6 is 0 Å². The van der Waals surface area contributed by atoms with Gasteiger partial charge in [0, 0.05) is 18.3 Å². The van der Waals surface area contributed by atoms with Gasteiger partial charge in [0.15, 0.2) is 11.6 Å². The highest BCUT2D eigenvalue weighted by molar-refractivity contribution is 5.89. The monoisotopic (exact) mass is 460 g/mol. The quantitative estimate of drug-likeness (QED) is 0.225. The summed E-state index contributed by atoms with van der Waals surface area (Å²) in [6.07, 6.45) is 0. The highest BCUT2D eigenvalue weighted by Gasteiger charge is 2.13. The number of halogens is 1. The van der Waals surface area contributed by atoms with E-state index in [9.17, 15) is 14.0 Å². The second-order valence-electron chi connectivity index (χ2n) is 7.81. The summed E-state index contributed by atoms with van der Waals surface area (Å²) >= 11 is 0. The Morgan fingerprint density at radius 1 is 0.794 bits per heavy atom. The fourth-order valence-corrected chi connectivity index (χ4v) is 3.18. The Bertz CT molecular complexity index is 1260. The zero-order chi connectivity index (χ0) is 24.8. The predicted octanol–water partition coefficient (Wildman–Crippen LogP) is 6.27. The molecule has 0 amide bonds. The predicted molar refractivity (Wildman–Crippen MR) is 129 cm³/mol. The second-order valence-corrected chi connectivity index (χ2v) is 7.81. The summed E-state index contributed by atoms with van der Waals surface area (Å²) in [5.41, 5.74) is 4.61. The van der Waals surface area contributed by atoms with E-state index in [1.807, 2.05) is 30.3 Å². The first-order valence-corrected chi connectivity index (χ1v) is 10.5. The van der Waals surface area contributed by atoms with E-state index < -0.39 is 17.8 Å². The molecule has 174 valence electrons. The zero-order valence-electron chi connectivity index (χ0n) is 19.3. The molecule has 0 bridgehead atoms. The highest BCUT2D eigenvalue weighted by Crippen LogP contribution is 2.31. The van der Waals surface area contributed by atoms with Crippen molar-refractivity contribution in [1.29, 1.82) is 0 Å². The average Bonchev–Trinajstić information content (AvgIpc) is 2.80. The van der Waals surface area contributed by atoms with Crippen molar-refractivity contribution in [2.24, 2.45) is 0 Å². The van der Waals surface area contributed by atoms with E-state index in [1.165, 1.54) is 19.1 Å². The Morgan fingerprint density at radius 3 is 1.97 bits per heavy atom. The van der Waals surface area contributed by atoms with Gasteiger partial charge in [-0.3, -0.25) is 0 Å². The van der Waals surface area contributed by atoms with E-state index in [2.05, 4.69) is 13.2 Å². The molecule has 3 aromatic carbocycles. The van der Waals surface area contributed by atoms with Gasteiger partial charge in [-0.25, -0.2) is 14.0 Å². The lowest BCUT2D eigenvalue weighted by Gasteiger charge is -2.13. The maximum Gasteiger partial charge on any atom is 0.338 e. The smallest absolute Gasteiger partial charge is 0.338 e. The van der Waals surface area contributed by atoms with Gasteiger partial charge >= 0.3 is 11.9 Å². The molecule has 0 aliphatic carbocycles. The van der Waals surface area contributed by atoms with Gasteiger partial charge in [0.2, 0.25) is 0 Å².